The number of hydrogen-bond donors (Lipinski definition) is 1. The average molecular weight is 390 g/mol. The largest absolute Gasteiger partial charge is 0.435 e. The summed E-state index contributed by atoms with van der Waals surface area (Å²) in [6, 6.07) is 2.22. The number of alkyl halides is 3. The highest BCUT2D eigenvalue weighted by molar-refractivity contribution is 5.75. The molecule has 10 heteroatoms. The number of nitrogens with one attached hydrogen (secondary N) is 1. The van der Waals surface area contributed by atoms with Crippen LogP contribution >= 0.6 is 0 Å². The second-order valence-corrected chi connectivity index (χ2v) is 6.72. The highest BCUT2D eigenvalue weighted by Crippen LogP contribution is 2.28. The van der Waals surface area contributed by atoms with Crippen LogP contribution in [0.15, 0.2) is 12.1 Å². The Morgan fingerprint density at radius 1 is 1.37 bits per heavy atom. The van der Waals surface area contributed by atoms with Gasteiger partial charge in [-0.2, -0.15) is 13.2 Å². The fraction of sp³-hybridized carbons (Fsp3) is 0.706. The number of unbranched alkanes of at least 4 members (excludes halogenated alkanes) is 1. The van der Waals surface area contributed by atoms with Gasteiger partial charge in [-0.05, 0) is 31.9 Å². The number of carbonyl (C=O) groups excluding carboxylic acids is 1. The van der Waals surface area contributed by atoms with Crippen LogP contribution < -0.4 is 10.2 Å². The first-order valence-corrected chi connectivity index (χ1v) is 8.79. The lowest BCUT2D eigenvalue weighted by Gasteiger charge is -2.41. The molecule has 0 bridgehead atoms. The first-order chi connectivity index (χ1) is 12.7. The van der Waals surface area contributed by atoms with Crippen molar-refractivity contribution in [3.05, 3.63) is 17.8 Å². The van der Waals surface area contributed by atoms with E-state index in [2.05, 4.69) is 15.5 Å². The summed E-state index contributed by atoms with van der Waals surface area (Å²) in [5, 5.41) is 9.80. The molecule has 1 amide bonds. The van der Waals surface area contributed by atoms with Crippen molar-refractivity contribution in [2.75, 3.05) is 44.9 Å². The van der Waals surface area contributed by atoms with Crippen molar-refractivity contribution in [3.63, 3.8) is 0 Å². The molecule has 1 aromatic rings. The number of aromatic nitrogens is 2. The Hall–Kier alpha value is -1.94. The Kier molecular flexibility index (Phi) is 7.37. The molecule has 2 heterocycles. The van der Waals surface area contributed by atoms with Crippen LogP contribution in [0.1, 0.15) is 31.9 Å². The van der Waals surface area contributed by atoms with Gasteiger partial charge < -0.3 is 19.7 Å². The van der Waals surface area contributed by atoms with Gasteiger partial charge in [-0.25, -0.2) is 0 Å². The maximum absolute atomic E-state index is 12.6. The van der Waals surface area contributed by atoms with Crippen LogP contribution in [0.4, 0.5) is 19.0 Å². The van der Waals surface area contributed by atoms with Gasteiger partial charge in [0.1, 0.15) is 5.60 Å². The lowest BCUT2D eigenvalue weighted by Crippen LogP contribution is -2.56. The molecule has 1 saturated heterocycles. The van der Waals surface area contributed by atoms with Gasteiger partial charge in [0.25, 0.3) is 0 Å². The molecule has 1 unspecified atom stereocenters. The predicted molar refractivity (Wildman–Crippen MR) is 92.3 cm³/mol. The fourth-order valence-electron chi connectivity index (χ4n) is 2.78. The van der Waals surface area contributed by atoms with Gasteiger partial charge in [0.05, 0.1) is 6.61 Å². The number of rotatable bonds is 8. The molecule has 0 spiro atoms. The van der Waals surface area contributed by atoms with Crippen LogP contribution in [0.5, 0.6) is 0 Å². The summed E-state index contributed by atoms with van der Waals surface area (Å²) in [6.45, 7) is 4.03. The van der Waals surface area contributed by atoms with Crippen LogP contribution in [0.25, 0.3) is 0 Å². The number of amides is 1. The van der Waals surface area contributed by atoms with Crippen molar-refractivity contribution in [2.45, 2.75) is 38.0 Å². The number of ether oxygens (including phenoxy) is 2. The number of nitrogens with zero attached hydrogens (tertiary/aromatic N) is 3. The van der Waals surface area contributed by atoms with Crippen LogP contribution in [0, 0.1) is 0 Å². The summed E-state index contributed by atoms with van der Waals surface area (Å²) >= 11 is 0. The van der Waals surface area contributed by atoms with Crippen molar-refractivity contribution in [3.8, 4) is 0 Å². The molecule has 1 atom stereocenters. The number of morpholine rings is 1. The molecular weight excluding hydrogens is 365 g/mol. The third-order valence-corrected chi connectivity index (χ3v) is 4.26. The van der Waals surface area contributed by atoms with E-state index in [0.717, 1.165) is 18.9 Å². The van der Waals surface area contributed by atoms with E-state index in [9.17, 15) is 18.0 Å². The quantitative estimate of drug-likeness (QED) is 0.685. The van der Waals surface area contributed by atoms with Crippen molar-refractivity contribution in [2.24, 2.45) is 0 Å². The number of methoxy groups -OCH3 is 1. The van der Waals surface area contributed by atoms with Crippen molar-refractivity contribution < 1.29 is 27.4 Å². The third-order valence-electron chi connectivity index (χ3n) is 4.26. The fourth-order valence-corrected chi connectivity index (χ4v) is 2.78. The third kappa shape index (κ3) is 6.62. The van der Waals surface area contributed by atoms with E-state index >= 15 is 0 Å². The van der Waals surface area contributed by atoms with Gasteiger partial charge in [-0.3, -0.25) is 4.79 Å². The summed E-state index contributed by atoms with van der Waals surface area (Å²) in [6.07, 6.45) is -2.55. The smallest absolute Gasteiger partial charge is 0.385 e. The lowest BCUT2D eigenvalue weighted by atomic mass is 10.0. The van der Waals surface area contributed by atoms with Gasteiger partial charge in [0, 0.05) is 39.8 Å². The van der Waals surface area contributed by atoms with E-state index in [-0.39, 0.29) is 5.91 Å². The SMILES string of the molecule is COCCCCC(=O)NCC1(C)CN(c2ccc(C(F)(F)F)nn2)CCO1. The van der Waals surface area contributed by atoms with E-state index < -0.39 is 17.5 Å². The summed E-state index contributed by atoms with van der Waals surface area (Å²) in [5.74, 6) is 0.283. The number of carbonyl (C=O) groups is 1. The van der Waals surface area contributed by atoms with Crippen molar-refractivity contribution in [1.82, 2.24) is 15.5 Å². The van der Waals surface area contributed by atoms with Gasteiger partial charge >= 0.3 is 6.18 Å². The monoisotopic (exact) mass is 390 g/mol. The Morgan fingerprint density at radius 2 is 2.15 bits per heavy atom. The second-order valence-electron chi connectivity index (χ2n) is 6.72. The number of anilines is 1. The zero-order valence-corrected chi connectivity index (χ0v) is 15.5. The molecule has 2 rings (SSSR count). The molecule has 152 valence electrons. The minimum absolute atomic E-state index is 0.0672. The summed E-state index contributed by atoms with van der Waals surface area (Å²) in [7, 11) is 1.62. The molecule has 7 nitrogen and oxygen atoms in total. The Morgan fingerprint density at radius 3 is 2.78 bits per heavy atom. The maximum atomic E-state index is 12.6. The molecule has 0 aliphatic carbocycles. The van der Waals surface area contributed by atoms with Gasteiger partial charge in [-0.15, -0.1) is 10.2 Å². The molecule has 27 heavy (non-hydrogen) atoms. The zero-order chi connectivity index (χ0) is 19.9. The summed E-state index contributed by atoms with van der Waals surface area (Å²) < 4.78 is 48.6. The Labute approximate surface area is 156 Å². The minimum Gasteiger partial charge on any atom is -0.385 e. The molecular formula is C17H25F3N4O3. The predicted octanol–water partition coefficient (Wildman–Crippen LogP) is 2.02. The average Bonchev–Trinajstić information content (AvgIpc) is 2.63. The second kappa shape index (κ2) is 9.32. The normalized spacial score (nSPS) is 20.6. The molecule has 1 aliphatic rings. The highest BCUT2D eigenvalue weighted by Gasteiger charge is 2.35. The molecule has 0 saturated carbocycles. The van der Waals surface area contributed by atoms with E-state index in [0.29, 0.717) is 45.1 Å². The van der Waals surface area contributed by atoms with Crippen LogP contribution in [-0.2, 0) is 20.4 Å². The van der Waals surface area contributed by atoms with E-state index in [4.69, 9.17) is 9.47 Å². The Balaban J connectivity index is 1.87. The van der Waals surface area contributed by atoms with Gasteiger partial charge in [0.15, 0.2) is 11.5 Å². The van der Waals surface area contributed by atoms with E-state index in [1.54, 1.807) is 12.0 Å². The molecule has 1 aromatic heterocycles. The van der Waals surface area contributed by atoms with Crippen molar-refractivity contribution >= 4 is 11.7 Å². The number of halogens is 3. The van der Waals surface area contributed by atoms with Crippen LogP contribution in [-0.4, -0.2) is 61.7 Å². The minimum atomic E-state index is -4.52. The Bertz CT molecular complexity index is 612. The van der Waals surface area contributed by atoms with Crippen LogP contribution in [0.3, 0.4) is 0 Å². The van der Waals surface area contributed by atoms with Crippen LogP contribution in [0.2, 0.25) is 0 Å². The molecule has 1 N–H and O–H groups in total. The molecule has 0 radical (unpaired) electrons. The molecule has 0 aromatic carbocycles. The molecule has 1 aliphatic heterocycles. The standard InChI is InChI=1S/C17H25F3N4O3/c1-16(11-21-15(25)5-3-4-9-26-2)12-24(8-10-27-16)14-7-6-13(22-23-14)17(18,19)20/h6-7H,3-5,8-12H2,1-2H3,(H,21,25). The number of hydrogen-bond acceptors (Lipinski definition) is 6. The maximum Gasteiger partial charge on any atom is 0.435 e. The van der Waals surface area contributed by atoms with Gasteiger partial charge in [0.2, 0.25) is 5.91 Å². The topological polar surface area (TPSA) is 76.6 Å². The highest BCUT2D eigenvalue weighted by atomic mass is 19.4. The summed E-state index contributed by atoms with van der Waals surface area (Å²) in [5.41, 5.74) is -1.69. The molecule has 1 fully saturated rings. The first-order valence-electron chi connectivity index (χ1n) is 8.79. The van der Waals surface area contributed by atoms with E-state index in [1.165, 1.54) is 6.07 Å². The zero-order valence-electron chi connectivity index (χ0n) is 15.5. The first kappa shape index (κ1) is 21.4. The summed E-state index contributed by atoms with van der Waals surface area (Å²) in [4.78, 5) is 13.7. The lowest BCUT2D eigenvalue weighted by molar-refractivity contribution is -0.141. The van der Waals surface area contributed by atoms with E-state index in [1.807, 2.05) is 6.92 Å². The van der Waals surface area contributed by atoms with Crippen molar-refractivity contribution in [1.29, 1.82) is 0 Å². The van der Waals surface area contributed by atoms with Gasteiger partial charge in [-0.1, -0.05) is 0 Å².